The van der Waals surface area contributed by atoms with E-state index in [1.165, 1.54) is 38.5 Å². The zero-order valence-electron chi connectivity index (χ0n) is 23.0. The molecule has 0 radical (unpaired) electrons. The second-order valence-electron chi connectivity index (χ2n) is 9.12. The first-order valence-corrected chi connectivity index (χ1v) is 13.7. The summed E-state index contributed by atoms with van der Waals surface area (Å²) >= 11 is 6.86. The molecule has 0 aliphatic heterocycles. The third-order valence-electron chi connectivity index (χ3n) is 6.18. The minimum absolute atomic E-state index is 0.197. The molecule has 1 aromatic carbocycles. The van der Waals surface area contributed by atoms with Gasteiger partial charge in [-0.05, 0) is 55.8 Å². The summed E-state index contributed by atoms with van der Waals surface area (Å²) in [4.78, 5) is 40.7. The number of methoxy groups -OCH3 is 3. The minimum Gasteiger partial charge on any atom is -0.493 e. The van der Waals surface area contributed by atoms with Gasteiger partial charge >= 0.3 is 0 Å². The molecular formula is C28H29ClFN5O5S. The number of ether oxygens (including phenoxy) is 3. The molecule has 13 heteroatoms. The van der Waals surface area contributed by atoms with Gasteiger partial charge in [-0.1, -0.05) is 17.7 Å². The number of hydrogen-bond acceptors (Lipinski definition) is 8. The second-order valence-corrected chi connectivity index (χ2v) is 10.5. The number of carbonyl (C=O) groups excluding carboxylic acids is 2. The van der Waals surface area contributed by atoms with Crippen LogP contribution < -0.4 is 14.8 Å². The summed E-state index contributed by atoms with van der Waals surface area (Å²) in [5.41, 5.74) is 1.60. The summed E-state index contributed by atoms with van der Waals surface area (Å²) in [5.74, 6) is 0.606. The Morgan fingerprint density at radius 1 is 1.10 bits per heavy atom. The zero-order chi connectivity index (χ0) is 29.7. The van der Waals surface area contributed by atoms with Crippen molar-refractivity contribution in [3.05, 3.63) is 64.5 Å². The molecule has 4 aromatic rings. The van der Waals surface area contributed by atoms with Crippen molar-refractivity contribution < 1.29 is 28.2 Å². The number of carbonyl (C=O) groups is 2. The topological polar surface area (TPSA) is 119 Å². The van der Waals surface area contributed by atoms with E-state index >= 15 is 0 Å². The lowest BCUT2D eigenvalue weighted by Crippen LogP contribution is -2.45. The monoisotopic (exact) mass is 601 g/mol. The third kappa shape index (κ3) is 6.84. The van der Waals surface area contributed by atoms with Crippen LogP contribution in [0, 0.1) is 5.13 Å². The average Bonchev–Trinajstić information content (AvgIpc) is 3.58. The summed E-state index contributed by atoms with van der Waals surface area (Å²) in [7, 11) is 4.44. The van der Waals surface area contributed by atoms with Crippen LogP contribution in [0.1, 0.15) is 25.5 Å². The highest BCUT2D eigenvalue weighted by atomic mass is 35.5. The van der Waals surface area contributed by atoms with E-state index < -0.39 is 17.9 Å². The summed E-state index contributed by atoms with van der Waals surface area (Å²) in [6.07, 6.45) is 0.534. The number of rotatable bonds is 11. The molecule has 3 aromatic heterocycles. The van der Waals surface area contributed by atoms with Gasteiger partial charge in [0, 0.05) is 24.9 Å². The maximum absolute atomic E-state index is 13.7. The molecule has 0 spiro atoms. The van der Waals surface area contributed by atoms with E-state index in [0.717, 1.165) is 11.3 Å². The number of H-pyrrole nitrogens is 1. The quantitative estimate of drug-likeness (QED) is 0.216. The van der Waals surface area contributed by atoms with Crippen LogP contribution in [-0.2, 0) is 14.3 Å². The molecule has 1 unspecified atom stereocenters. The van der Waals surface area contributed by atoms with Crippen molar-refractivity contribution in [2.45, 2.75) is 26.0 Å². The van der Waals surface area contributed by atoms with Crippen LogP contribution in [0.2, 0.25) is 5.15 Å². The number of anilines is 1. The Morgan fingerprint density at radius 3 is 2.44 bits per heavy atom. The fraction of sp³-hybridized carbons (Fsp3) is 0.286. The van der Waals surface area contributed by atoms with E-state index in [1.807, 2.05) is 0 Å². The lowest BCUT2D eigenvalue weighted by atomic mass is 10.1. The molecule has 0 aliphatic carbocycles. The number of aromatic nitrogens is 3. The Bertz CT molecular complexity index is 1520. The van der Waals surface area contributed by atoms with Gasteiger partial charge in [0.15, 0.2) is 34.4 Å². The van der Waals surface area contributed by atoms with E-state index in [2.05, 4.69) is 20.3 Å². The number of pyridine rings is 1. The van der Waals surface area contributed by atoms with Crippen molar-refractivity contribution in [1.29, 1.82) is 0 Å². The molecule has 0 saturated heterocycles. The van der Waals surface area contributed by atoms with E-state index in [-0.39, 0.29) is 23.5 Å². The Hall–Kier alpha value is -4.00. The van der Waals surface area contributed by atoms with E-state index in [0.29, 0.717) is 44.2 Å². The fourth-order valence-corrected chi connectivity index (χ4v) is 4.93. The van der Waals surface area contributed by atoms with Crippen LogP contribution in [0.3, 0.4) is 0 Å². The van der Waals surface area contributed by atoms with Gasteiger partial charge in [-0.15, -0.1) is 11.3 Å². The largest absolute Gasteiger partial charge is 0.493 e. The number of thiophene rings is 1. The molecule has 1 atom stereocenters. The van der Waals surface area contributed by atoms with Gasteiger partial charge in [-0.2, -0.15) is 4.39 Å². The lowest BCUT2D eigenvalue weighted by molar-refractivity contribution is -0.146. The SMILES string of the molecule is COc1ccc(C(OC)C(=O)N(CC(=O)Nc2nc(-c3ccc(F)s3)[nH]c2-c2ccc(Cl)nc2)C(C)C)cc1OC. The molecule has 10 nitrogen and oxygen atoms in total. The molecule has 4 rings (SSSR count). The van der Waals surface area contributed by atoms with Crippen molar-refractivity contribution in [3.8, 4) is 33.5 Å². The number of imidazole rings is 1. The van der Waals surface area contributed by atoms with Crippen molar-refractivity contribution in [1.82, 2.24) is 19.9 Å². The Morgan fingerprint density at radius 2 is 1.85 bits per heavy atom. The number of nitrogens with one attached hydrogen (secondary N) is 2. The molecule has 41 heavy (non-hydrogen) atoms. The first-order chi connectivity index (χ1) is 19.6. The number of aromatic amines is 1. The highest BCUT2D eigenvalue weighted by Gasteiger charge is 2.30. The van der Waals surface area contributed by atoms with Crippen molar-refractivity contribution in [3.63, 3.8) is 0 Å². The predicted molar refractivity (Wildman–Crippen MR) is 155 cm³/mol. The van der Waals surface area contributed by atoms with Gasteiger partial charge in [-0.25, -0.2) is 9.97 Å². The van der Waals surface area contributed by atoms with Crippen molar-refractivity contribution in [2.24, 2.45) is 0 Å². The molecule has 0 fully saturated rings. The summed E-state index contributed by atoms with van der Waals surface area (Å²) in [5, 5.41) is 2.72. The van der Waals surface area contributed by atoms with Crippen molar-refractivity contribution in [2.75, 3.05) is 33.2 Å². The lowest BCUT2D eigenvalue weighted by Gasteiger charge is -2.30. The van der Waals surface area contributed by atoms with E-state index in [4.69, 9.17) is 25.8 Å². The van der Waals surface area contributed by atoms with Gasteiger partial charge < -0.3 is 29.4 Å². The standard InChI is InChI=1S/C28H29ClFN5O5S/c1-15(2)35(28(37)25(40-5)16-6-8-18(38-3)19(12-16)39-4)14-23(36)32-27-24(17-7-10-21(29)31-13-17)33-26(34-27)20-9-11-22(30)41-20/h6-13,15,25H,14H2,1-5H3,(H,32,36)(H,33,34). The van der Waals surface area contributed by atoms with Gasteiger partial charge in [0.05, 0.1) is 24.8 Å². The van der Waals surface area contributed by atoms with E-state index in [1.54, 1.807) is 50.2 Å². The van der Waals surface area contributed by atoms with Crippen molar-refractivity contribution >= 4 is 40.6 Å². The van der Waals surface area contributed by atoms with Gasteiger partial charge in [0.2, 0.25) is 5.91 Å². The number of nitrogens with zero attached hydrogens (tertiary/aromatic N) is 3. The Labute approximate surface area is 245 Å². The Balaban J connectivity index is 1.59. The summed E-state index contributed by atoms with van der Waals surface area (Å²) in [6, 6.07) is 11.0. The summed E-state index contributed by atoms with van der Waals surface area (Å²) < 4.78 is 29.9. The molecule has 0 aliphatic rings. The van der Waals surface area contributed by atoms with Crippen LogP contribution in [0.15, 0.2) is 48.7 Å². The fourth-order valence-electron chi connectivity index (χ4n) is 4.14. The molecule has 0 bridgehead atoms. The predicted octanol–water partition coefficient (Wildman–Crippen LogP) is 5.57. The van der Waals surface area contributed by atoms with E-state index in [9.17, 15) is 14.0 Å². The third-order valence-corrected chi connectivity index (χ3v) is 7.28. The second kappa shape index (κ2) is 13.1. The number of hydrogen-bond donors (Lipinski definition) is 2. The van der Waals surface area contributed by atoms with Crippen LogP contribution in [-0.4, -0.2) is 65.6 Å². The van der Waals surface area contributed by atoms with Crippen LogP contribution >= 0.6 is 22.9 Å². The first-order valence-electron chi connectivity index (χ1n) is 12.5. The van der Waals surface area contributed by atoms with Crippen LogP contribution in [0.25, 0.3) is 22.0 Å². The normalized spacial score (nSPS) is 11.8. The van der Waals surface area contributed by atoms with Crippen LogP contribution in [0.4, 0.5) is 10.2 Å². The Kier molecular flexibility index (Phi) is 9.58. The maximum Gasteiger partial charge on any atom is 0.257 e. The molecule has 2 amide bonds. The summed E-state index contributed by atoms with van der Waals surface area (Å²) in [6.45, 7) is 3.32. The smallest absolute Gasteiger partial charge is 0.257 e. The average molecular weight is 602 g/mol. The molecule has 216 valence electrons. The highest BCUT2D eigenvalue weighted by Crippen LogP contribution is 2.34. The first kappa shape index (κ1) is 30.0. The molecule has 3 heterocycles. The molecule has 0 saturated carbocycles. The molecular weight excluding hydrogens is 573 g/mol. The minimum atomic E-state index is -0.994. The van der Waals surface area contributed by atoms with Gasteiger partial charge in [0.25, 0.3) is 5.91 Å². The molecule has 2 N–H and O–H groups in total. The van der Waals surface area contributed by atoms with Gasteiger partial charge in [0.1, 0.15) is 11.7 Å². The number of halogens is 2. The zero-order valence-corrected chi connectivity index (χ0v) is 24.6. The number of benzene rings is 1. The maximum atomic E-state index is 13.7. The van der Waals surface area contributed by atoms with Crippen LogP contribution in [0.5, 0.6) is 11.5 Å². The highest BCUT2D eigenvalue weighted by molar-refractivity contribution is 7.13. The van der Waals surface area contributed by atoms with Gasteiger partial charge in [-0.3, -0.25) is 9.59 Å². The number of amides is 2.